The first-order valence-electron chi connectivity index (χ1n) is 5.84. The third-order valence-corrected chi connectivity index (χ3v) is 3.31. The number of nitrogens with two attached hydrogens (primary N) is 1. The molecule has 3 rings (SSSR count). The molecule has 1 heterocycles. The zero-order valence-corrected chi connectivity index (χ0v) is 9.44. The fraction of sp³-hybridized carbons (Fsp3) is 0.308. The van der Waals surface area contributed by atoms with Gasteiger partial charge in [-0.2, -0.15) is 5.10 Å². The lowest BCUT2D eigenvalue weighted by atomic mass is 9.94. The molecule has 1 aromatic heterocycles. The second-order valence-corrected chi connectivity index (χ2v) is 4.41. The molecule has 0 aliphatic heterocycles. The van der Waals surface area contributed by atoms with E-state index in [0.717, 1.165) is 30.5 Å². The van der Waals surface area contributed by atoms with Crippen molar-refractivity contribution in [2.75, 3.05) is 0 Å². The second kappa shape index (κ2) is 3.96. The fourth-order valence-electron chi connectivity index (χ4n) is 2.42. The van der Waals surface area contributed by atoms with Gasteiger partial charge in [-0.05, 0) is 31.4 Å². The fourth-order valence-corrected chi connectivity index (χ4v) is 2.42. The van der Waals surface area contributed by atoms with Crippen LogP contribution >= 0.6 is 0 Å². The molecule has 0 radical (unpaired) electrons. The van der Waals surface area contributed by atoms with E-state index in [2.05, 4.69) is 5.10 Å². The molecule has 0 amide bonds. The Balaban J connectivity index is 2.14. The van der Waals surface area contributed by atoms with Gasteiger partial charge in [-0.15, -0.1) is 0 Å². The number of rotatable bonds is 1. The number of para-hydroxylation sites is 1. The topological polar surface area (TPSA) is 43.8 Å². The largest absolute Gasteiger partial charge is 0.324 e. The summed E-state index contributed by atoms with van der Waals surface area (Å²) in [6.45, 7) is 0. The number of halogens is 1. The first-order valence-corrected chi connectivity index (χ1v) is 5.84. The molecular formula is C13H14FN3. The normalized spacial score (nSPS) is 19.1. The second-order valence-electron chi connectivity index (χ2n) is 4.41. The molecule has 1 aliphatic carbocycles. The lowest BCUT2D eigenvalue weighted by molar-refractivity contribution is 0.551. The van der Waals surface area contributed by atoms with Crippen molar-refractivity contribution in [2.45, 2.75) is 25.3 Å². The number of fused-ring (bicyclic) bond motifs is 1. The van der Waals surface area contributed by atoms with Crippen LogP contribution in [0.5, 0.6) is 0 Å². The van der Waals surface area contributed by atoms with Crippen molar-refractivity contribution in [3.8, 4) is 5.69 Å². The van der Waals surface area contributed by atoms with Crippen molar-refractivity contribution in [1.82, 2.24) is 9.78 Å². The van der Waals surface area contributed by atoms with Gasteiger partial charge in [0.15, 0.2) is 0 Å². The summed E-state index contributed by atoms with van der Waals surface area (Å²) in [4.78, 5) is 0. The molecule has 0 saturated heterocycles. The molecule has 1 aromatic carbocycles. The van der Waals surface area contributed by atoms with Gasteiger partial charge in [-0.1, -0.05) is 12.1 Å². The third-order valence-electron chi connectivity index (χ3n) is 3.31. The van der Waals surface area contributed by atoms with Crippen LogP contribution in [0.3, 0.4) is 0 Å². The summed E-state index contributed by atoms with van der Waals surface area (Å²) in [6.07, 6.45) is 4.70. The van der Waals surface area contributed by atoms with Crippen LogP contribution in [0.4, 0.5) is 4.39 Å². The van der Waals surface area contributed by atoms with Crippen LogP contribution in [0.15, 0.2) is 30.5 Å². The summed E-state index contributed by atoms with van der Waals surface area (Å²) in [5.74, 6) is -0.252. The minimum atomic E-state index is -0.252. The zero-order chi connectivity index (χ0) is 11.8. The van der Waals surface area contributed by atoms with E-state index >= 15 is 0 Å². The highest BCUT2D eigenvalue weighted by molar-refractivity contribution is 5.38. The molecule has 0 spiro atoms. The van der Waals surface area contributed by atoms with Gasteiger partial charge in [0.05, 0.1) is 6.20 Å². The third kappa shape index (κ3) is 1.65. The maximum Gasteiger partial charge on any atom is 0.148 e. The summed E-state index contributed by atoms with van der Waals surface area (Å²) in [7, 11) is 0. The summed E-state index contributed by atoms with van der Waals surface area (Å²) < 4.78 is 15.4. The standard InChI is InChI=1S/C13H14FN3/c14-10-4-1-2-6-13(10)17-12-7-3-5-11(15)9(12)8-16-17/h1-2,4,6,8,11H,3,5,7,15H2. The molecule has 17 heavy (non-hydrogen) atoms. The van der Waals surface area contributed by atoms with Gasteiger partial charge < -0.3 is 5.73 Å². The molecule has 2 aromatic rings. The Labute approximate surface area is 99.1 Å². The number of benzene rings is 1. The average molecular weight is 231 g/mol. The van der Waals surface area contributed by atoms with E-state index in [-0.39, 0.29) is 11.9 Å². The highest BCUT2D eigenvalue weighted by atomic mass is 19.1. The van der Waals surface area contributed by atoms with Crippen LogP contribution in [0.25, 0.3) is 5.69 Å². The van der Waals surface area contributed by atoms with Crippen LogP contribution in [-0.4, -0.2) is 9.78 Å². The van der Waals surface area contributed by atoms with Crippen molar-refractivity contribution >= 4 is 0 Å². The van der Waals surface area contributed by atoms with E-state index in [4.69, 9.17) is 5.73 Å². The molecular weight excluding hydrogens is 217 g/mol. The van der Waals surface area contributed by atoms with Gasteiger partial charge in [-0.25, -0.2) is 9.07 Å². The molecule has 1 unspecified atom stereocenters. The van der Waals surface area contributed by atoms with Crippen molar-refractivity contribution in [2.24, 2.45) is 5.73 Å². The predicted molar refractivity (Wildman–Crippen MR) is 63.4 cm³/mol. The summed E-state index contributed by atoms with van der Waals surface area (Å²) >= 11 is 0. The smallest absolute Gasteiger partial charge is 0.148 e. The van der Waals surface area contributed by atoms with Crippen LogP contribution in [0.2, 0.25) is 0 Å². The Morgan fingerprint density at radius 1 is 1.35 bits per heavy atom. The average Bonchev–Trinajstić information content (AvgIpc) is 2.75. The number of hydrogen-bond acceptors (Lipinski definition) is 2. The molecule has 2 N–H and O–H groups in total. The quantitative estimate of drug-likeness (QED) is 0.818. The Hall–Kier alpha value is -1.68. The van der Waals surface area contributed by atoms with E-state index in [1.807, 2.05) is 6.07 Å². The van der Waals surface area contributed by atoms with Gasteiger partial charge >= 0.3 is 0 Å². The van der Waals surface area contributed by atoms with E-state index in [9.17, 15) is 4.39 Å². The highest BCUT2D eigenvalue weighted by Crippen LogP contribution is 2.29. The van der Waals surface area contributed by atoms with Gasteiger partial charge in [0.25, 0.3) is 0 Å². The molecule has 88 valence electrons. The molecule has 0 bridgehead atoms. The molecule has 4 heteroatoms. The summed E-state index contributed by atoms with van der Waals surface area (Å²) in [6, 6.07) is 6.73. The van der Waals surface area contributed by atoms with Crippen LogP contribution in [-0.2, 0) is 6.42 Å². The molecule has 3 nitrogen and oxygen atoms in total. The lowest BCUT2D eigenvalue weighted by Gasteiger charge is -2.19. The van der Waals surface area contributed by atoms with Crippen molar-refractivity contribution < 1.29 is 4.39 Å². The van der Waals surface area contributed by atoms with Gasteiger partial charge in [0, 0.05) is 17.3 Å². The van der Waals surface area contributed by atoms with Crippen molar-refractivity contribution in [1.29, 1.82) is 0 Å². The minimum Gasteiger partial charge on any atom is -0.324 e. The van der Waals surface area contributed by atoms with Crippen LogP contribution in [0.1, 0.15) is 30.1 Å². The van der Waals surface area contributed by atoms with Gasteiger partial charge in [0.1, 0.15) is 11.5 Å². The number of aromatic nitrogens is 2. The van der Waals surface area contributed by atoms with E-state index in [1.54, 1.807) is 23.0 Å². The Morgan fingerprint density at radius 2 is 2.18 bits per heavy atom. The van der Waals surface area contributed by atoms with Gasteiger partial charge in [-0.3, -0.25) is 0 Å². The maximum atomic E-state index is 13.7. The summed E-state index contributed by atoms with van der Waals surface area (Å²) in [5.41, 5.74) is 8.64. The van der Waals surface area contributed by atoms with Crippen molar-refractivity contribution in [3.63, 3.8) is 0 Å². The molecule has 1 atom stereocenters. The van der Waals surface area contributed by atoms with E-state index in [1.165, 1.54) is 6.07 Å². The molecule has 0 fully saturated rings. The first kappa shape index (κ1) is 10.5. The Morgan fingerprint density at radius 3 is 3.00 bits per heavy atom. The zero-order valence-electron chi connectivity index (χ0n) is 9.44. The van der Waals surface area contributed by atoms with Crippen LogP contribution < -0.4 is 5.73 Å². The van der Waals surface area contributed by atoms with Crippen LogP contribution in [0, 0.1) is 5.82 Å². The van der Waals surface area contributed by atoms with E-state index in [0.29, 0.717) is 5.69 Å². The lowest BCUT2D eigenvalue weighted by Crippen LogP contribution is -2.18. The molecule has 0 saturated carbocycles. The monoisotopic (exact) mass is 231 g/mol. The van der Waals surface area contributed by atoms with Crippen molar-refractivity contribution in [3.05, 3.63) is 47.5 Å². The Bertz CT molecular complexity index is 547. The first-order chi connectivity index (χ1) is 8.27. The summed E-state index contributed by atoms with van der Waals surface area (Å²) in [5, 5.41) is 4.28. The predicted octanol–water partition coefficient (Wildman–Crippen LogP) is 2.35. The highest BCUT2D eigenvalue weighted by Gasteiger charge is 2.22. The molecule has 1 aliphatic rings. The minimum absolute atomic E-state index is 0.0410. The number of nitrogens with zero attached hydrogens (tertiary/aromatic N) is 2. The SMILES string of the molecule is NC1CCCc2c1cnn2-c1ccccc1F. The number of hydrogen-bond donors (Lipinski definition) is 1. The maximum absolute atomic E-state index is 13.7. The van der Waals surface area contributed by atoms with Gasteiger partial charge in [0.2, 0.25) is 0 Å². The Kier molecular flexibility index (Phi) is 2.44. The van der Waals surface area contributed by atoms with E-state index < -0.39 is 0 Å².